The molecule has 0 unspecified atom stereocenters. The van der Waals surface area contributed by atoms with Crippen LogP contribution in [0.2, 0.25) is 0 Å². The fourth-order valence-electron chi connectivity index (χ4n) is 5.37. The van der Waals surface area contributed by atoms with Gasteiger partial charge in [0.25, 0.3) is 0 Å². The summed E-state index contributed by atoms with van der Waals surface area (Å²) in [5, 5.41) is 44.3. The van der Waals surface area contributed by atoms with Crippen molar-refractivity contribution in [2.24, 2.45) is 5.41 Å². The van der Waals surface area contributed by atoms with Crippen LogP contribution in [-0.4, -0.2) is 70.1 Å². The molecule has 0 bridgehead atoms. The van der Waals surface area contributed by atoms with Crippen LogP contribution in [0.3, 0.4) is 0 Å². The Hall–Kier alpha value is -3.12. The second-order valence-electron chi connectivity index (χ2n) is 8.96. The van der Waals surface area contributed by atoms with Gasteiger partial charge in [0, 0.05) is 11.0 Å². The number of carbonyl (C=O) groups is 1. The summed E-state index contributed by atoms with van der Waals surface area (Å²) >= 11 is 0. The lowest BCUT2D eigenvalue weighted by Gasteiger charge is -2.46. The van der Waals surface area contributed by atoms with Gasteiger partial charge in [-0.3, -0.25) is 9.36 Å². The number of aliphatic hydroxyl groups is 3. The van der Waals surface area contributed by atoms with Gasteiger partial charge in [0.05, 0.1) is 12.9 Å². The zero-order valence-corrected chi connectivity index (χ0v) is 19.9. The molecule has 0 radical (unpaired) electrons. The zero-order valence-electron chi connectivity index (χ0n) is 19.9. The van der Waals surface area contributed by atoms with Crippen molar-refractivity contribution >= 4 is 22.8 Å². The normalized spacial score (nSPS) is 26.9. The molecule has 11 heteroatoms. The highest BCUT2D eigenvalue weighted by molar-refractivity contribution is 5.95. The molecule has 1 saturated heterocycles. The number of nitrogens with zero attached hydrogens (tertiary/aromatic N) is 4. The van der Waals surface area contributed by atoms with E-state index in [1.165, 1.54) is 35.4 Å². The predicted octanol–water partition coefficient (Wildman–Crippen LogP) is 1.08. The predicted molar refractivity (Wildman–Crippen MR) is 126 cm³/mol. The monoisotopic (exact) mass is 485 g/mol. The maximum atomic E-state index is 14.4. The average Bonchev–Trinajstić information content (AvgIpc) is 3.40. The first-order chi connectivity index (χ1) is 16.7. The molecule has 6 N–H and O–H groups in total. The van der Waals surface area contributed by atoms with Gasteiger partial charge in [-0.1, -0.05) is 32.9 Å². The van der Waals surface area contributed by atoms with Crippen molar-refractivity contribution in [3.05, 3.63) is 42.5 Å². The van der Waals surface area contributed by atoms with E-state index >= 15 is 0 Å². The summed E-state index contributed by atoms with van der Waals surface area (Å²) in [6, 6.07) is 5.82. The molecule has 2 aromatic heterocycles. The number of nitrogen functional groups attached to an aromatic ring is 1. The number of benzene rings is 1. The molecule has 1 aromatic carbocycles. The summed E-state index contributed by atoms with van der Waals surface area (Å²) in [4.78, 5) is 26.9. The first kappa shape index (κ1) is 25.0. The molecule has 1 aliphatic rings. The molecular formula is C24H31N5O6. The molecule has 1 aliphatic heterocycles. The molecule has 188 valence electrons. The second kappa shape index (κ2) is 8.83. The number of phenolic OH excluding ortho intramolecular Hbond substituents is 1. The van der Waals surface area contributed by atoms with Crippen LogP contribution in [-0.2, 0) is 15.3 Å². The topological polar surface area (TPSA) is 177 Å². The van der Waals surface area contributed by atoms with E-state index in [1.54, 1.807) is 6.07 Å². The zero-order chi connectivity index (χ0) is 25.6. The largest absolute Gasteiger partial charge is 0.508 e. The smallest absolute Gasteiger partial charge is 0.213 e. The van der Waals surface area contributed by atoms with Gasteiger partial charge in [-0.15, -0.1) is 0 Å². The van der Waals surface area contributed by atoms with Crippen molar-refractivity contribution < 1.29 is 30.0 Å². The number of rotatable bonds is 8. The number of hydrogen-bond donors (Lipinski definition) is 5. The van der Waals surface area contributed by atoms with E-state index in [1.807, 2.05) is 20.8 Å². The molecular weight excluding hydrogens is 454 g/mol. The van der Waals surface area contributed by atoms with E-state index in [-0.39, 0.29) is 28.3 Å². The Morgan fingerprint density at radius 2 is 1.89 bits per heavy atom. The molecule has 0 spiro atoms. The fourth-order valence-corrected chi connectivity index (χ4v) is 5.37. The van der Waals surface area contributed by atoms with Crippen molar-refractivity contribution in [3.8, 4) is 5.75 Å². The van der Waals surface area contributed by atoms with Crippen LogP contribution in [0, 0.1) is 5.41 Å². The van der Waals surface area contributed by atoms with Crippen LogP contribution < -0.4 is 5.73 Å². The molecule has 1 fully saturated rings. The molecule has 0 aliphatic carbocycles. The lowest BCUT2D eigenvalue weighted by Crippen LogP contribution is -2.66. The molecule has 3 heterocycles. The lowest BCUT2D eigenvalue weighted by atomic mass is 9.65. The number of nitrogens with two attached hydrogens (primary N) is 1. The summed E-state index contributed by atoms with van der Waals surface area (Å²) in [6.45, 7) is 4.85. The highest BCUT2D eigenvalue weighted by atomic mass is 16.6. The van der Waals surface area contributed by atoms with E-state index in [4.69, 9.17) is 10.5 Å². The fraction of sp³-hybridized carbons (Fsp3) is 0.500. The molecule has 0 amide bonds. The number of ketones is 1. The number of aliphatic hydroxyl groups excluding tert-OH is 2. The summed E-state index contributed by atoms with van der Waals surface area (Å²) in [7, 11) is 0. The van der Waals surface area contributed by atoms with Gasteiger partial charge in [0.1, 0.15) is 29.8 Å². The van der Waals surface area contributed by atoms with E-state index in [9.17, 15) is 25.2 Å². The standard InChI is InChI=1S/C24H31N5O6/c1-4-22(5-2,6-3)21(33)23(34)18(32)16(11-30)35-24(23,14-8-7-9-15(31)10-14)29-13-28-17-19(25)26-12-27-20(17)29/h7-10,12-13,16,18,30-32,34H,4-6,11H2,1-3H3,(H2,25,26,27)/t16-,18-,23+,24-/m1/s1. The summed E-state index contributed by atoms with van der Waals surface area (Å²) in [6.07, 6.45) is 0.523. The van der Waals surface area contributed by atoms with Crippen LogP contribution in [0.5, 0.6) is 5.75 Å². The van der Waals surface area contributed by atoms with Crippen molar-refractivity contribution in [3.63, 3.8) is 0 Å². The molecule has 4 atom stereocenters. The average molecular weight is 486 g/mol. The number of ether oxygens (including phenoxy) is 1. The van der Waals surface area contributed by atoms with Crippen molar-refractivity contribution in [2.45, 2.75) is 63.6 Å². The number of Topliss-reactive ketones (excluding diaryl/α,β-unsaturated/α-hetero) is 1. The minimum absolute atomic E-state index is 0.0666. The first-order valence-electron chi connectivity index (χ1n) is 11.6. The number of fused-ring (bicyclic) bond motifs is 1. The maximum Gasteiger partial charge on any atom is 0.213 e. The Labute approximate surface area is 202 Å². The van der Waals surface area contributed by atoms with Gasteiger partial charge in [-0.25, -0.2) is 15.0 Å². The Balaban J connectivity index is 2.15. The molecule has 3 aromatic rings. The quantitative estimate of drug-likeness (QED) is 0.310. The number of carbonyl (C=O) groups excluding carboxylic acids is 1. The summed E-state index contributed by atoms with van der Waals surface area (Å²) in [5.41, 5.74) is 0.698. The van der Waals surface area contributed by atoms with Crippen LogP contribution in [0.1, 0.15) is 45.6 Å². The van der Waals surface area contributed by atoms with Gasteiger partial charge in [0.15, 0.2) is 17.2 Å². The van der Waals surface area contributed by atoms with Gasteiger partial charge in [-0.05, 0) is 31.4 Å². The highest BCUT2D eigenvalue weighted by Crippen LogP contribution is 2.53. The SMILES string of the molecule is CCC(CC)(CC)C(=O)[C@@]1(O)[C@H](O)[C@@H](CO)O[C@@]1(c1cccc(O)c1)n1cnc2c(N)ncnc21. The molecule has 4 rings (SSSR count). The number of imidazole rings is 1. The Bertz CT molecular complexity index is 1240. The van der Waals surface area contributed by atoms with Gasteiger partial charge < -0.3 is 30.9 Å². The van der Waals surface area contributed by atoms with Gasteiger partial charge in [0.2, 0.25) is 11.3 Å². The number of phenols is 1. The van der Waals surface area contributed by atoms with Crippen LogP contribution in [0.25, 0.3) is 11.2 Å². The minimum atomic E-state index is -2.61. The maximum absolute atomic E-state index is 14.4. The molecule has 11 nitrogen and oxygen atoms in total. The number of aromatic nitrogens is 4. The minimum Gasteiger partial charge on any atom is -0.508 e. The van der Waals surface area contributed by atoms with E-state index in [0.717, 1.165) is 0 Å². The second-order valence-corrected chi connectivity index (χ2v) is 8.96. The van der Waals surface area contributed by atoms with Gasteiger partial charge in [-0.2, -0.15) is 0 Å². The van der Waals surface area contributed by atoms with Crippen molar-refractivity contribution in [2.75, 3.05) is 12.3 Å². The van der Waals surface area contributed by atoms with Gasteiger partial charge >= 0.3 is 0 Å². The van der Waals surface area contributed by atoms with Crippen molar-refractivity contribution in [1.82, 2.24) is 19.5 Å². The van der Waals surface area contributed by atoms with Crippen LogP contribution >= 0.6 is 0 Å². The van der Waals surface area contributed by atoms with Crippen LogP contribution in [0.15, 0.2) is 36.9 Å². The Morgan fingerprint density at radius 3 is 2.49 bits per heavy atom. The summed E-state index contributed by atoms with van der Waals surface area (Å²) in [5.74, 6) is -0.737. The third-order valence-electron chi connectivity index (χ3n) is 7.60. The molecule has 0 saturated carbocycles. The van der Waals surface area contributed by atoms with E-state index in [0.29, 0.717) is 19.3 Å². The third-order valence-corrected chi connectivity index (χ3v) is 7.60. The Morgan fingerprint density at radius 1 is 1.20 bits per heavy atom. The number of aromatic hydroxyl groups is 1. The van der Waals surface area contributed by atoms with Crippen molar-refractivity contribution in [1.29, 1.82) is 0 Å². The molecule has 35 heavy (non-hydrogen) atoms. The van der Waals surface area contributed by atoms with E-state index < -0.39 is 41.3 Å². The first-order valence-corrected chi connectivity index (χ1v) is 11.6. The summed E-state index contributed by atoms with van der Waals surface area (Å²) < 4.78 is 7.57. The number of anilines is 1. The Kier molecular flexibility index (Phi) is 6.30. The van der Waals surface area contributed by atoms with Crippen LogP contribution in [0.4, 0.5) is 5.82 Å². The third kappa shape index (κ3) is 3.26. The van der Waals surface area contributed by atoms with E-state index in [2.05, 4.69) is 15.0 Å². The lowest BCUT2D eigenvalue weighted by molar-refractivity contribution is -0.191. The number of hydrogen-bond acceptors (Lipinski definition) is 10. The highest BCUT2D eigenvalue weighted by Gasteiger charge is 2.73.